The Kier molecular flexibility index (Phi) is 6.19. The summed E-state index contributed by atoms with van der Waals surface area (Å²) < 4.78 is 9.99. The average Bonchev–Trinajstić information content (AvgIpc) is 2.58. The SMILES string of the molecule is O=C(CCC(=O)OCc1ccccc1O)OCc1ccccc1O. The van der Waals surface area contributed by atoms with Crippen molar-refractivity contribution in [3.63, 3.8) is 0 Å². The van der Waals surface area contributed by atoms with Crippen LogP contribution in [0, 0.1) is 0 Å². The van der Waals surface area contributed by atoms with Crippen LogP contribution in [0.4, 0.5) is 0 Å². The number of ether oxygens (including phenoxy) is 2. The number of hydrogen-bond acceptors (Lipinski definition) is 6. The number of rotatable bonds is 7. The molecule has 24 heavy (non-hydrogen) atoms. The van der Waals surface area contributed by atoms with E-state index in [0.717, 1.165) is 0 Å². The first-order valence-electron chi connectivity index (χ1n) is 7.41. The summed E-state index contributed by atoms with van der Waals surface area (Å²) in [5.41, 5.74) is 0.987. The minimum absolute atomic E-state index is 0.0485. The molecule has 0 aromatic heterocycles. The quantitative estimate of drug-likeness (QED) is 0.758. The standard InChI is InChI=1S/C18H18O6/c19-15-7-3-1-5-13(15)11-23-17(21)9-10-18(22)24-12-14-6-2-4-8-16(14)20/h1-8,19-20H,9-12H2. The van der Waals surface area contributed by atoms with E-state index in [2.05, 4.69) is 0 Å². The van der Waals surface area contributed by atoms with Crippen LogP contribution >= 0.6 is 0 Å². The highest BCUT2D eigenvalue weighted by atomic mass is 16.5. The van der Waals surface area contributed by atoms with Crippen LogP contribution < -0.4 is 0 Å². The van der Waals surface area contributed by atoms with Crippen LogP contribution in [-0.2, 0) is 32.3 Å². The van der Waals surface area contributed by atoms with Crippen LogP contribution in [0.2, 0.25) is 0 Å². The van der Waals surface area contributed by atoms with Gasteiger partial charge in [-0.25, -0.2) is 0 Å². The van der Waals surface area contributed by atoms with Gasteiger partial charge in [0.1, 0.15) is 24.7 Å². The Bertz CT molecular complexity index is 649. The number of carbonyl (C=O) groups is 2. The summed E-state index contributed by atoms with van der Waals surface area (Å²) >= 11 is 0. The molecule has 0 bridgehead atoms. The minimum atomic E-state index is -0.558. The highest BCUT2D eigenvalue weighted by molar-refractivity contribution is 5.77. The van der Waals surface area contributed by atoms with E-state index < -0.39 is 11.9 Å². The summed E-state index contributed by atoms with van der Waals surface area (Å²) in [6.07, 6.45) is -0.236. The lowest BCUT2D eigenvalue weighted by Crippen LogP contribution is -2.10. The van der Waals surface area contributed by atoms with Crippen LogP contribution in [-0.4, -0.2) is 22.2 Å². The molecular weight excluding hydrogens is 312 g/mol. The molecule has 0 radical (unpaired) electrons. The van der Waals surface area contributed by atoms with Crippen molar-refractivity contribution < 1.29 is 29.3 Å². The van der Waals surface area contributed by atoms with Crippen LogP contribution in [0.3, 0.4) is 0 Å². The molecule has 0 atom stereocenters. The molecule has 2 aromatic rings. The summed E-state index contributed by atoms with van der Waals surface area (Å²) in [6.45, 7) is -0.114. The van der Waals surface area contributed by atoms with Crippen molar-refractivity contribution >= 4 is 11.9 Å². The molecule has 0 aliphatic heterocycles. The third-order valence-electron chi connectivity index (χ3n) is 3.29. The van der Waals surface area contributed by atoms with Gasteiger partial charge in [0.2, 0.25) is 0 Å². The third-order valence-corrected chi connectivity index (χ3v) is 3.29. The average molecular weight is 330 g/mol. The molecule has 0 fully saturated rings. The van der Waals surface area contributed by atoms with Crippen molar-refractivity contribution in [1.29, 1.82) is 0 Å². The number of hydrogen-bond donors (Lipinski definition) is 2. The summed E-state index contributed by atoms with van der Waals surface area (Å²) in [7, 11) is 0. The van der Waals surface area contributed by atoms with E-state index >= 15 is 0 Å². The van der Waals surface area contributed by atoms with Crippen molar-refractivity contribution in [3.8, 4) is 11.5 Å². The van der Waals surface area contributed by atoms with E-state index in [0.29, 0.717) is 11.1 Å². The zero-order chi connectivity index (χ0) is 17.4. The van der Waals surface area contributed by atoms with Crippen molar-refractivity contribution in [2.75, 3.05) is 0 Å². The number of aromatic hydroxyl groups is 2. The largest absolute Gasteiger partial charge is 0.508 e. The van der Waals surface area contributed by atoms with Gasteiger partial charge in [0.05, 0.1) is 12.8 Å². The molecule has 6 heteroatoms. The van der Waals surface area contributed by atoms with Crippen LogP contribution in [0.1, 0.15) is 24.0 Å². The number of phenols is 2. The molecule has 0 amide bonds. The zero-order valence-corrected chi connectivity index (χ0v) is 13.0. The first-order chi connectivity index (χ1) is 11.6. The molecule has 2 N–H and O–H groups in total. The van der Waals surface area contributed by atoms with Gasteiger partial charge in [0.25, 0.3) is 0 Å². The topological polar surface area (TPSA) is 93.1 Å². The van der Waals surface area contributed by atoms with E-state index in [4.69, 9.17) is 9.47 Å². The zero-order valence-electron chi connectivity index (χ0n) is 13.0. The van der Waals surface area contributed by atoms with E-state index in [1.807, 2.05) is 0 Å². The van der Waals surface area contributed by atoms with E-state index in [1.165, 1.54) is 12.1 Å². The van der Waals surface area contributed by atoms with Gasteiger partial charge in [0.15, 0.2) is 0 Å². The Morgan fingerprint density at radius 3 is 1.46 bits per heavy atom. The molecule has 126 valence electrons. The fourth-order valence-corrected chi connectivity index (χ4v) is 1.93. The molecule has 0 aliphatic rings. The Balaban J connectivity index is 1.69. The lowest BCUT2D eigenvalue weighted by molar-refractivity contribution is -0.151. The molecule has 6 nitrogen and oxygen atoms in total. The predicted octanol–water partition coefficient (Wildman–Crippen LogP) is 2.66. The van der Waals surface area contributed by atoms with Gasteiger partial charge >= 0.3 is 11.9 Å². The second kappa shape index (κ2) is 8.57. The number of carbonyl (C=O) groups excluding carboxylic acids is 2. The number of para-hydroxylation sites is 2. The van der Waals surface area contributed by atoms with E-state index in [-0.39, 0.29) is 37.6 Å². The minimum Gasteiger partial charge on any atom is -0.508 e. The maximum absolute atomic E-state index is 11.6. The fraction of sp³-hybridized carbons (Fsp3) is 0.222. The summed E-state index contributed by atoms with van der Waals surface area (Å²) in [4.78, 5) is 23.2. The Morgan fingerprint density at radius 1 is 0.708 bits per heavy atom. The van der Waals surface area contributed by atoms with Gasteiger partial charge < -0.3 is 19.7 Å². The van der Waals surface area contributed by atoms with Crippen molar-refractivity contribution in [3.05, 3.63) is 59.7 Å². The Hall–Kier alpha value is -3.02. The number of phenolic OH excluding ortho intramolecular Hbond substituents is 2. The van der Waals surface area contributed by atoms with Crippen molar-refractivity contribution in [1.82, 2.24) is 0 Å². The Morgan fingerprint density at radius 2 is 1.08 bits per heavy atom. The first-order valence-corrected chi connectivity index (χ1v) is 7.41. The van der Waals surface area contributed by atoms with Gasteiger partial charge in [-0.05, 0) is 12.1 Å². The molecule has 0 unspecified atom stereocenters. The van der Waals surface area contributed by atoms with Gasteiger partial charge in [0, 0.05) is 11.1 Å². The molecular formula is C18H18O6. The highest BCUT2D eigenvalue weighted by Gasteiger charge is 2.11. The molecule has 0 saturated heterocycles. The van der Waals surface area contributed by atoms with E-state index in [9.17, 15) is 19.8 Å². The summed E-state index contributed by atoms with van der Waals surface area (Å²) in [5.74, 6) is -1.02. The predicted molar refractivity (Wildman–Crippen MR) is 85.0 cm³/mol. The van der Waals surface area contributed by atoms with Crippen LogP contribution in [0.15, 0.2) is 48.5 Å². The second-order valence-electron chi connectivity index (χ2n) is 5.08. The second-order valence-corrected chi connectivity index (χ2v) is 5.08. The lowest BCUT2D eigenvalue weighted by Gasteiger charge is -2.07. The molecule has 2 aromatic carbocycles. The van der Waals surface area contributed by atoms with Gasteiger partial charge in [-0.2, -0.15) is 0 Å². The van der Waals surface area contributed by atoms with E-state index in [1.54, 1.807) is 36.4 Å². The fourth-order valence-electron chi connectivity index (χ4n) is 1.93. The molecule has 0 heterocycles. The van der Waals surface area contributed by atoms with Crippen molar-refractivity contribution in [2.24, 2.45) is 0 Å². The number of benzene rings is 2. The maximum atomic E-state index is 11.6. The maximum Gasteiger partial charge on any atom is 0.306 e. The lowest BCUT2D eigenvalue weighted by atomic mass is 10.2. The summed E-state index contributed by atoms with van der Waals surface area (Å²) in [6, 6.07) is 13.1. The van der Waals surface area contributed by atoms with Gasteiger partial charge in [-0.3, -0.25) is 9.59 Å². The monoisotopic (exact) mass is 330 g/mol. The molecule has 0 saturated carbocycles. The Labute approximate surface area is 139 Å². The van der Waals surface area contributed by atoms with Crippen molar-refractivity contribution in [2.45, 2.75) is 26.1 Å². The number of esters is 2. The molecule has 2 rings (SSSR count). The van der Waals surface area contributed by atoms with Gasteiger partial charge in [-0.1, -0.05) is 36.4 Å². The van der Waals surface area contributed by atoms with Crippen LogP contribution in [0.25, 0.3) is 0 Å². The first kappa shape index (κ1) is 17.3. The molecule has 0 aliphatic carbocycles. The third kappa shape index (κ3) is 5.31. The molecule has 0 spiro atoms. The van der Waals surface area contributed by atoms with Crippen LogP contribution in [0.5, 0.6) is 11.5 Å². The van der Waals surface area contributed by atoms with Gasteiger partial charge in [-0.15, -0.1) is 0 Å². The highest BCUT2D eigenvalue weighted by Crippen LogP contribution is 2.18. The normalized spacial score (nSPS) is 10.2. The summed E-state index contributed by atoms with van der Waals surface area (Å²) in [5, 5.41) is 19.1. The smallest absolute Gasteiger partial charge is 0.306 e.